The number of rotatable bonds is 5. The molecule has 20 heavy (non-hydrogen) atoms. The van der Waals surface area contributed by atoms with Crippen molar-refractivity contribution in [1.82, 2.24) is 5.32 Å². The number of benzene rings is 1. The molecule has 6 heteroatoms. The predicted molar refractivity (Wildman–Crippen MR) is 75.2 cm³/mol. The highest BCUT2D eigenvalue weighted by Crippen LogP contribution is 2.30. The van der Waals surface area contributed by atoms with Crippen molar-refractivity contribution in [2.24, 2.45) is 0 Å². The fraction of sp³-hybridized carbons (Fsp3) is 0.429. The maximum absolute atomic E-state index is 13.2. The quantitative estimate of drug-likeness (QED) is 0.874. The van der Waals surface area contributed by atoms with Crippen LogP contribution in [-0.4, -0.2) is 28.5 Å². The topological polar surface area (TPSA) is 66.4 Å². The second-order valence-corrected chi connectivity index (χ2v) is 5.73. The molecule has 1 amide bonds. The number of aryl methyl sites for hydroxylation is 1. The molecule has 0 aromatic heterocycles. The van der Waals surface area contributed by atoms with Crippen LogP contribution in [0.5, 0.6) is 0 Å². The maximum atomic E-state index is 13.2. The molecule has 0 fully saturated rings. The van der Waals surface area contributed by atoms with Crippen LogP contribution < -0.4 is 5.32 Å². The van der Waals surface area contributed by atoms with Crippen molar-refractivity contribution in [3.05, 3.63) is 35.1 Å². The Kier molecular flexibility index (Phi) is 5.00. The number of carboxylic acids is 1. The first-order chi connectivity index (χ1) is 9.56. The molecule has 108 valence electrons. The second kappa shape index (κ2) is 6.74. The van der Waals surface area contributed by atoms with Gasteiger partial charge in [0.15, 0.2) is 0 Å². The number of thioether (sulfide) groups is 1. The fourth-order valence-corrected chi connectivity index (χ4v) is 2.95. The molecule has 0 spiro atoms. The van der Waals surface area contributed by atoms with Gasteiger partial charge in [0.2, 0.25) is 5.91 Å². The van der Waals surface area contributed by atoms with E-state index in [0.717, 1.165) is 42.2 Å². The lowest BCUT2D eigenvalue weighted by Gasteiger charge is -2.26. The van der Waals surface area contributed by atoms with Gasteiger partial charge in [0.25, 0.3) is 0 Å². The highest BCUT2D eigenvalue weighted by atomic mass is 32.2. The van der Waals surface area contributed by atoms with Crippen LogP contribution in [0.2, 0.25) is 0 Å². The molecule has 4 nitrogen and oxygen atoms in total. The van der Waals surface area contributed by atoms with E-state index in [1.54, 1.807) is 6.07 Å². The van der Waals surface area contributed by atoms with E-state index < -0.39 is 5.97 Å². The van der Waals surface area contributed by atoms with Gasteiger partial charge in [-0.15, -0.1) is 11.8 Å². The smallest absolute Gasteiger partial charge is 0.313 e. The SMILES string of the molecule is O=C(O)CSCC(=O)NC1CCCc2cc(F)ccc21. The summed E-state index contributed by atoms with van der Waals surface area (Å²) >= 11 is 1.07. The summed E-state index contributed by atoms with van der Waals surface area (Å²) in [5, 5.41) is 11.4. The molecule has 0 aliphatic heterocycles. The molecule has 1 aromatic carbocycles. The number of hydrogen-bond donors (Lipinski definition) is 2. The second-order valence-electron chi connectivity index (χ2n) is 4.74. The first kappa shape index (κ1) is 14.8. The Morgan fingerprint density at radius 3 is 2.95 bits per heavy atom. The lowest BCUT2D eigenvalue weighted by Crippen LogP contribution is -2.32. The Morgan fingerprint density at radius 1 is 1.40 bits per heavy atom. The summed E-state index contributed by atoms with van der Waals surface area (Å²) in [6, 6.07) is 4.55. The van der Waals surface area contributed by atoms with Crippen LogP contribution >= 0.6 is 11.8 Å². The minimum absolute atomic E-state index is 0.0834. The van der Waals surface area contributed by atoms with E-state index in [4.69, 9.17) is 5.11 Å². The number of halogens is 1. The van der Waals surface area contributed by atoms with Gasteiger partial charge in [-0.1, -0.05) is 6.07 Å². The average Bonchev–Trinajstić information content (AvgIpc) is 2.38. The number of carbonyl (C=O) groups excluding carboxylic acids is 1. The molecule has 1 aliphatic rings. The van der Waals surface area contributed by atoms with Gasteiger partial charge in [0.1, 0.15) is 5.82 Å². The highest BCUT2D eigenvalue weighted by Gasteiger charge is 2.22. The normalized spacial score (nSPS) is 17.4. The molecule has 0 saturated carbocycles. The predicted octanol–water partition coefficient (Wildman–Crippen LogP) is 2.14. The monoisotopic (exact) mass is 297 g/mol. The average molecular weight is 297 g/mol. The number of fused-ring (bicyclic) bond motifs is 1. The summed E-state index contributed by atoms with van der Waals surface area (Å²) in [4.78, 5) is 22.1. The summed E-state index contributed by atoms with van der Waals surface area (Å²) in [7, 11) is 0. The standard InChI is InChI=1S/C14H16FNO3S/c15-10-4-5-11-9(6-10)2-1-3-12(11)16-13(17)7-20-8-14(18)19/h4-6,12H,1-3,7-8H2,(H,16,17)(H,18,19). The zero-order valence-corrected chi connectivity index (χ0v) is 11.7. The summed E-state index contributed by atoms with van der Waals surface area (Å²) in [6.45, 7) is 0. The number of nitrogens with one attached hydrogen (secondary N) is 1. The Hall–Kier alpha value is -1.56. The van der Waals surface area contributed by atoms with E-state index in [1.165, 1.54) is 12.1 Å². The van der Waals surface area contributed by atoms with Gasteiger partial charge >= 0.3 is 5.97 Å². The molecule has 1 aromatic rings. The summed E-state index contributed by atoms with van der Waals surface area (Å²) in [6.07, 6.45) is 2.56. The van der Waals surface area contributed by atoms with E-state index in [1.807, 2.05) is 0 Å². The largest absolute Gasteiger partial charge is 0.481 e. The lowest BCUT2D eigenvalue weighted by atomic mass is 9.87. The number of carboxylic acid groups (broad SMARTS) is 1. The van der Waals surface area contributed by atoms with E-state index in [-0.39, 0.29) is 29.3 Å². The molecular formula is C14H16FNO3S. The Balaban J connectivity index is 1.94. The molecule has 1 atom stereocenters. The Morgan fingerprint density at radius 2 is 2.20 bits per heavy atom. The number of carbonyl (C=O) groups is 2. The van der Waals surface area contributed by atoms with Gasteiger partial charge in [-0.05, 0) is 42.5 Å². The zero-order chi connectivity index (χ0) is 14.5. The van der Waals surface area contributed by atoms with Gasteiger partial charge in [-0.25, -0.2) is 4.39 Å². The number of amides is 1. The van der Waals surface area contributed by atoms with E-state index in [0.29, 0.717) is 0 Å². The van der Waals surface area contributed by atoms with Gasteiger partial charge in [-0.2, -0.15) is 0 Å². The zero-order valence-electron chi connectivity index (χ0n) is 10.9. The minimum atomic E-state index is -0.929. The van der Waals surface area contributed by atoms with Crippen molar-refractivity contribution in [2.45, 2.75) is 25.3 Å². The van der Waals surface area contributed by atoms with Crippen LogP contribution in [0, 0.1) is 5.82 Å². The summed E-state index contributed by atoms with van der Waals surface area (Å²) in [5.74, 6) is -1.33. The summed E-state index contributed by atoms with van der Waals surface area (Å²) < 4.78 is 13.2. The molecule has 2 rings (SSSR count). The van der Waals surface area contributed by atoms with Crippen molar-refractivity contribution < 1.29 is 19.1 Å². The highest BCUT2D eigenvalue weighted by molar-refractivity contribution is 8.00. The van der Waals surface area contributed by atoms with Crippen LogP contribution in [0.3, 0.4) is 0 Å². The van der Waals surface area contributed by atoms with Crippen LogP contribution in [0.25, 0.3) is 0 Å². The van der Waals surface area contributed by atoms with E-state index >= 15 is 0 Å². The van der Waals surface area contributed by atoms with E-state index in [2.05, 4.69) is 5.32 Å². The Labute approximate surface area is 120 Å². The molecule has 2 N–H and O–H groups in total. The fourth-order valence-electron chi connectivity index (χ4n) is 2.40. The Bertz CT molecular complexity index is 521. The lowest BCUT2D eigenvalue weighted by molar-refractivity contribution is -0.133. The van der Waals surface area contributed by atoms with E-state index in [9.17, 15) is 14.0 Å². The van der Waals surface area contributed by atoms with Gasteiger partial charge in [0.05, 0.1) is 17.5 Å². The molecule has 0 saturated heterocycles. The van der Waals surface area contributed by atoms with Crippen molar-refractivity contribution in [3.63, 3.8) is 0 Å². The third kappa shape index (κ3) is 3.96. The molecule has 1 aliphatic carbocycles. The van der Waals surface area contributed by atoms with Gasteiger partial charge < -0.3 is 10.4 Å². The van der Waals surface area contributed by atoms with Crippen molar-refractivity contribution in [2.75, 3.05) is 11.5 Å². The van der Waals surface area contributed by atoms with Crippen LogP contribution in [0.15, 0.2) is 18.2 Å². The number of hydrogen-bond acceptors (Lipinski definition) is 3. The van der Waals surface area contributed by atoms with Crippen LogP contribution in [0.1, 0.15) is 30.0 Å². The summed E-state index contributed by atoms with van der Waals surface area (Å²) in [5.41, 5.74) is 1.91. The van der Waals surface area contributed by atoms with Crippen LogP contribution in [-0.2, 0) is 16.0 Å². The minimum Gasteiger partial charge on any atom is -0.481 e. The van der Waals surface area contributed by atoms with Crippen molar-refractivity contribution in [1.29, 1.82) is 0 Å². The van der Waals surface area contributed by atoms with Crippen LogP contribution in [0.4, 0.5) is 4.39 Å². The van der Waals surface area contributed by atoms with Gasteiger partial charge in [-0.3, -0.25) is 9.59 Å². The molecule has 0 heterocycles. The molecule has 0 bridgehead atoms. The first-order valence-electron chi connectivity index (χ1n) is 6.43. The molecule has 0 radical (unpaired) electrons. The van der Waals surface area contributed by atoms with Crippen molar-refractivity contribution in [3.8, 4) is 0 Å². The maximum Gasteiger partial charge on any atom is 0.313 e. The molecule has 1 unspecified atom stereocenters. The first-order valence-corrected chi connectivity index (χ1v) is 7.59. The van der Waals surface area contributed by atoms with Crippen molar-refractivity contribution >= 4 is 23.6 Å². The third-order valence-corrected chi connectivity index (χ3v) is 4.13. The third-order valence-electron chi connectivity index (χ3n) is 3.21. The van der Waals surface area contributed by atoms with Gasteiger partial charge in [0, 0.05) is 0 Å². The number of aliphatic carboxylic acids is 1. The molecular weight excluding hydrogens is 281 g/mol.